The molecule has 6 aliphatic rings. The van der Waals surface area contributed by atoms with Gasteiger partial charge in [0.2, 0.25) is 0 Å². The monoisotopic (exact) mass is 469 g/mol. The van der Waals surface area contributed by atoms with Crippen LogP contribution in [0.3, 0.4) is 0 Å². The maximum absolute atomic E-state index is 15.3. The quantitative estimate of drug-likeness (QED) is 0.587. The van der Waals surface area contributed by atoms with Gasteiger partial charge in [-0.1, -0.05) is 13.8 Å². The Labute approximate surface area is 201 Å². The first-order valence-corrected chi connectivity index (χ1v) is 13.1. The normalized spacial score (nSPS) is 35.6. The van der Waals surface area contributed by atoms with E-state index in [0.717, 1.165) is 36.2 Å². The molecule has 34 heavy (non-hydrogen) atoms. The first-order valence-electron chi connectivity index (χ1n) is 13.1. The number of nitrogens with zero attached hydrogens (tertiary/aromatic N) is 1. The van der Waals surface area contributed by atoms with Gasteiger partial charge < -0.3 is 14.7 Å². The summed E-state index contributed by atoms with van der Waals surface area (Å²) in [7, 11) is 0. The number of benzene rings is 1. The van der Waals surface area contributed by atoms with Crippen molar-refractivity contribution in [3.8, 4) is 5.75 Å². The van der Waals surface area contributed by atoms with E-state index in [0.29, 0.717) is 31.2 Å². The van der Waals surface area contributed by atoms with Gasteiger partial charge in [-0.3, -0.25) is 4.79 Å². The van der Waals surface area contributed by atoms with Crippen molar-refractivity contribution >= 4 is 11.9 Å². The van der Waals surface area contributed by atoms with Gasteiger partial charge in [0.15, 0.2) is 0 Å². The molecule has 1 aromatic rings. The summed E-state index contributed by atoms with van der Waals surface area (Å²) in [5.74, 6) is 1.22. The van der Waals surface area contributed by atoms with Gasteiger partial charge in [-0.2, -0.15) is 0 Å². The van der Waals surface area contributed by atoms with E-state index in [2.05, 4.69) is 0 Å². The third kappa shape index (κ3) is 3.91. The van der Waals surface area contributed by atoms with E-state index in [1.54, 1.807) is 6.07 Å². The van der Waals surface area contributed by atoms with Crippen LogP contribution in [0.15, 0.2) is 12.1 Å². The Bertz CT molecular complexity index is 994. The highest BCUT2D eigenvalue weighted by Gasteiger charge is 2.51. The van der Waals surface area contributed by atoms with Crippen molar-refractivity contribution in [2.24, 2.45) is 28.6 Å². The van der Waals surface area contributed by atoms with Crippen LogP contribution in [-0.4, -0.2) is 41.1 Å². The van der Waals surface area contributed by atoms with E-state index in [1.807, 2.05) is 13.8 Å². The van der Waals surface area contributed by atoms with Gasteiger partial charge in [0, 0.05) is 18.0 Å². The molecule has 7 rings (SSSR count). The maximum Gasteiger partial charge on any atom is 0.326 e. The lowest BCUT2D eigenvalue weighted by atomic mass is 9.50. The van der Waals surface area contributed by atoms with Crippen LogP contribution in [-0.2, 0) is 4.79 Å². The number of carbonyl (C=O) groups is 2. The molecule has 0 radical (unpaired) electrons. The minimum atomic E-state index is -1.03. The second-order valence-corrected chi connectivity index (χ2v) is 13.0. The lowest BCUT2D eigenvalue weighted by Gasteiger charge is -2.56. The van der Waals surface area contributed by atoms with Crippen molar-refractivity contribution in [2.75, 3.05) is 13.2 Å². The molecule has 0 unspecified atom stereocenters. The highest BCUT2D eigenvalue weighted by molar-refractivity contribution is 5.97. The summed E-state index contributed by atoms with van der Waals surface area (Å²) in [6, 6.07) is 2.14. The molecule has 1 amide bonds. The molecular weight excluding hydrogens is 433 g/mol. The molecule has 0 aromatic heterocycles. The van der Waals surface area contributed by atoms with E-state index in [4.69, 9.17) is 4.74 Å². The summed E-state index contributed by atoms with van der Waals surface area (Å²) >= 11 is 0. The zero-order valence-corrected chi connectivity index (χ0v) is 20.3. The molecule has 0 spiro atoms. The molecule has 5 aliphatic carbocycles. The first-order chi connectivity index (χ1) is 16.1. The van der Waals surface area contributed by atoms with Crippen LogP contribution < -0.4 is 4.74 Å². The molecule has 1 heterocycles. The van der Waals surface area contributed by atoms with Crippen molar-refractivity contribution in [1.82, 2.24) is 4.90 Å². The predicted octanol–water partition coefficient (Wildman–Crippen LogP) is 5.62. The number of rotatable bonds is 6. The van der Waals surface area contributed by atoms with E-state index in [-0.39, 0.29) is 16.4 Å². The molecule has 1 aromatic carbocycles. The molecule has 6 fully saturated rings. The van der Waals surface area contributed by atoms with Gasteiger partial charge >= 0.3 is 5.97 Å². The fourth-order valence-electron chi connectivity index (χ4n) is 8.13. The van der Waals surface area contributed by atoms with E-state index >= 15 is 4.39 Å². The molecular formula is C28H36FNO4. The summed E-state index contributed by atoms with van der Waals surface area (Å²) in [6.45, 7) is 4.85. The number of amides is 1. The molecule has 4 bridgehead atoms. The smallest absolute Gasteiger partial charge is 0.326 e. The molecule has 1 N–H and O–H groups in total. The zero-order valence-electron chi connectivity index (χ0n) is 20.3. The summed E-state index contributed by atoms with van der Waals surface area (Å²) in [4.78, 5) is 26.5. The standard InChI is InChI=1S/C28H36FNO4/c1-27(2)13-23(26(32)33)30(14-27)25(31)21-8-20(19-3-4-19)24(9-22(21)29)34-15-28-10-16-5-17(11-28)7-18(6-16)12-28/h8-9,16-19,23H,3-7,10-15H2,1-2H3,(H,32,33)/t16?,17?,18?,23-,28?/m0/s1. The van der Waals surface area contributed by atoms with Crippen LogP contribution >= 0.6 is 0 Å². The van der Waals surface area contributed by atoms with E-state index < -0.39 is 23.7 Å². The van der Waals surface area contributed by atoms with Crippen molar-refractivity contribution < 1.29 is 23.8 Å². The van der Waals surface area contributed by atoms with Crippen LogP contribution in [0.25, 0.3) is 0 Å². The second-order valence-electron chi connectivity index (χ2n) is 13.0. The summed E-state index contributed by atoms with van der Waals surface area (Å²) < 4.78 is 21.7. The van der Waals surface area contributed by atoms with E-state index in [9.17, 15) is 14.7 Å². The molecule has 5 saturated carbocycles. The van der Waals surface area contributed by atoms with Crippen molar-refractivity contribution in [3.63, 3.8) is 0 Å². The molecule has 1 saturated heterocycles. The Morgan fingerprint density at radius 1 is 1.06 bits per heavy atom. The number of halogens is 1. The number of carbonyl (C=O) groups excluding carboxylic acids is 1. The van der Waals surface area contributed by atoms with Crippen molar-refractivity contribution in [3.05, 3.63) is 29.1 Å². The van der Waals surface area contributed by atoms with E-state index in [1.165, 1.54) is 49.5 Å². The Hall–Kier alpha value is -2.11. The van der Waals surface area contributed by atoms with Gasteiger partial charge in [0.25, 0.3) is 5.91 Å². The van der Waals surface area contributed by atoms with Gasteiger partial charge in [-0.05, 0) is 98.5 Å². The highest BCUT2D eigenvalue weighted by atomic mass is 19.1. The summed E-state index contributed by atoms with van der Waals surface area (Å²) in [5, 5.41) is 9.66. The lowest BCUT2D eigenvalue weighted by Crippen LogP contribution is -2.48. The third-order valence-electron chi connectivity index (χ3n) is 9.31. The highest BCUT2D eigenvalue weighted by Crippen LogP contribution is 2.60. The fraction of sp³-hybridized carbons (Fsp3) is 0.714. The lowest BCUT2D eigenvalue weighted by molar-refractivity contribution is -0.141. The Balaban J connectivity index is 1.25. The molecule has 5 nitrogen and oxygen atoms in total. The van der Waals surface area contributed by atoms with Gasteiger partial charge in [-0.15, -0.1) is 0 Å². The minimum Gasteiger partial charge on any atom is -0.493 e. The number of hydrogen-bond acceptors (Lipinski definition) is 3. The second kappa shape index (κ2) is 7.69. The molecule has 1 aliphatic heterocycles. The van der Waals surface area contributed by atoms with Crippen LogP contribution in [0.2, 0.25) is 0 Å². The Morgan fingerprint density at radius 2 is 1.68 bits per heavy atom. The number of likely N-dealkylation sites (tertiary alicyclic amines) is 1. The van der Waals surface area contributed by atoms with Gasteiger partial charge in [0.1, 0.15) is 17.6 Å². The fourth-order valence-corrected chi connectivity index (χ4v) is 8.13. The van der Waals surface area contributed by atoms with Gasteiger partial charge in [-0.25, -0.2) is 9.18 Å². The topological polar surface area (TPSA) is 66.8 Å². The number of carboxylic acids is 1. The Kier molecular flexibility index (Phi) is 5.06. The number of aliphatic carboxylic acids is 1. The number of ether oxygens (including phenoxy) is 1. The zero-order chi connectivity index (χ0) is 23.8. The molecule has 6 heteroatoms. The predicted molar refractivity (Wildman–Crippen MR) is 125 cm³/mol. The average Bonchev–Trinajstić information content (AvgIpc) is 3.53. The van der Waals surface area contributed by atoms with Gasteiger partial charge in [0.05, 0.1) is 12.2 Å². The SMILES string of the molecule is CC1(C)C[C@@H](C(=O)O)N(C(=O)c2cc(C3CC3)c(OCC34CC5CC(CC(C5)C3)C4)cc2F)C1. The third-order valence-corrected chi connectivity index (χ3v) is 9.31. The number of hydrogen-bond donors (Lipinski definition) is 1. The van der Waals surface area contributed by atoms with Crippen LogP contribution in [0.1, 0.15) is 93.5 Å². The van der Waals surface area contributed by atoms with Crippen molar-refractivity contribution in [2.45, 2.75) is 83.6 Å². The van der Waals surface area contributed by atoms with Crippen LogP contribution in [0.5, 0.6) is 5.75 Å². The largest absolute Gasteiger partial charge is 0.493 e. The average molecular weight is 470 g/mol. The van der Waals surface area contributed by atoms with Crippen LogP contribution in [0, 0.1) is 34.4 Å². The van der Waals surface area contributed by atoms with Crippen molar-refractivity contribution in [1.29, 1.82) is 0 Å². The molecule has 184 valence electrons. The first kappa shape index (κ1) is 22.4. The Morgan fingerprint density at radius 3 is 2.24 bits per heavy atom. The molecule has 1 atom stereocenters. The summed E-state index contributed by atoms with van der Waals surface area (Å²) in [6.07, 6.45) is 10.2. The maximum atomic E-state index is 15.3. The van der Waals surface area contributed by atoms with Crippen LogP contribution in [0.4, 0.5) is 4.39 Å². The summed E-state index contributed by atoms with van der Waals surface area (Å²) in [5.41, 5.74) is 0.819. The number of carboxylic acid groups (broad SMARTS) is 1. The minimum absolute atomic E-state index is 0.0204.